The quantitative estimate of drug-likeness (QED) is 0.790. The highest BCUT2D eigenvalue weighted by Gasteiger charge is 2.21. The average molecular weight is 282 g/mol. The van der Waals surface area contributed by atoms with Crippen LogP contribution in [0.1, 0.15) is 44.4 Å². The first kappa shape index (κ1) is 14.6. The molecule has 1 saturated heterocycles. The van der Waals surface area contributed by atoms with Crippen molar-refractivity contribution in [3.8, 4) is 0 Å². The van der Waals surface area contributed by atoms with Gasteiger partial charge in [0.25, 0.3) is 0 Å². The Labute approximate surface area is 121 Å². The topological polar surface area (TPSA) is 29.0 Å². The standard InChI is InChI=1S/C15H24ClN3/c1-11(2)13-5-4-7-19(8-6-13)15-17-10-14(9-16)12(3)18-15/h10-11,13H,4-9H2,1-3H3. The summed E-state index contributed by atoms with van der Waals surface area (Å²) in [6.45, 7) is 8.81. The van der Waals surface area contributed by atoms with Crippen LogP contribution in [0, 0.1) is 18.8 Å². The van der Waals surface area contributed by atoms with Gasteiger partial charge in [-0.2, -0.15) is 0 Å². The second-order valence-corrected chi connectivity index (χ2v) is 6.10. The van der Waals surface area contributed by atoms with Gasteiger partial charge in [-0.15, -0.1) is 11.6 Å². The molecule has 4 heteroatoms. The van der Waals surface area contributed by atoms with E-state index in [1.54, 1.807) is 0 Å². The molecule has 0 aromatic carbocycles. The van der Waals surface area contributed by atoms with E-state index in [1.165, 1.54) is 19.3 Å². The monoisotopic (exact) mass is 281 g/mol. The number of hydrogen-bond donors (Lipinski definition) is 0. The van der Waals surface area contributed by atoms with E-state index >= 15 is 0 Å². The summed E-state index contributed by atoms with van der Waals surface area (Å²) in [6.07, 6.45) is 5.68. The maximum atomic E-state index is 5.86. The van der Waals surface area contributed by atoms with Gasteiger partial charge in [0.2, 0.25) is 5.95 Å². The number of rotatable bonds is 3. The summed E-state index contributed by atoms with van der Waals surface area (Å²) in [5.74, 6) is 2.98. The van der Waals surface area contributed by atoms with Gasteiger partial charge in [0.1, 0.15) is 0 Å². The molecule has 0 N–H and O–H groups in total. The SMILES string of the molecule is Cc1nc(N2CCCC(C(C)C)CC2)ncc1CCl. The number of anilines is 1. The number of aromatic nitrogens is 2. The number of aryl methyl sites for hydroxylation is 1. The molecule has 1 aromatic rings. The fraction of sp³-hybridized carbons (Fsp3) is 0.733. The first-order valence-corrected chi connectivity index (χ1v) is 7.78. The lowest BCUT2D eigenvalue weighted by Crippen LogP contribution is -2.27. The minimum absolute atomic E-state index is 0.488. The normalized spacial score (nSPS) is 20.7. The van der Waals surface area contributed by atoms with E-state index in [2.05, 4.69) is 28.7 Å². The second kappa shape index (κ2) is 6.56. The fourth-order valence-electron chi connectivity index (χ4n) is 2.75. The summed E-state index contributed by atoms with van der Waals surface area (Å²) in [7, 11) is 0. The molecule has 0 radical (unpaired) electrons. The molecule has 106 valence electrons. The zero-order valence-corrected chi connectivity index (χ0v) is 13.0. The van der Waals surface area contributed by atoms with E-state index in [4.69, 9.17) is 11.6 Å². The van der Waals surface area contributed by atoms with E-state index in [0.717, 1.165) is 42.1 Å². The van der Waals surface area contributed by atoms with Crippen molar-refractivity contribution in [2.24, 2.45) is 11.8 Å². The third-order valence-electron chi connectivity index (χ3n) is 4.21. The van der Waals surface area contributed by atoms with Crippen LogP contribution >= 0.6 is 11.6 Å². The minimum atomic E-state index is 0.488. The summed E-state index contributed by atoms with van der Waals surface area (Å²) in [5, 5.41) is 0. The Hall–Kier alpha value is -0.830. The summed E-state index contributed by atoms with van der Waals surface area (Å²) < 4.78 is 0. The molecule has 1 unspecified atom stereocenters. The third kappa shape index (κ3) is 3.59. The Kier molecular flexibility index (Phi) is 5.03. The second-order valence-electron chi connectivity index (χ2n) is 5.84. The Morgan fingerprint density at radius 2 is 2.16 bits per heavy atom. The van der Waals surface area contributed by atoms with E-state index in [0.29, 0.717) is 5.88 Å². The molecular weight excluding hydrogens is 258 g/mol. The first-order chi connectivity index (χ1) is 9.11. The lowest BCUT2D eigenvalue weighted by Gasteiger charge is -2.22. The van der Waals surface area contributed by atoms with E-state index < -0.39 is 0 Å². The lowest BCUT2D eigenvalue weighted by atomic mass is 9.89. The largest absolute Gasteiger partial charge is 0.341 e. The van der Waals surface area contributed by atoms with Crippen LogP contribution in [0.2, 0.25) is 0 Å². The molecule has 1 aliphatic rings. The molecule has 0 aliphatic carbocycles. The highest BCUT2D eigenvalue weighted by molar-refractivity contribution is 6.17. The van der Waals surface area contributed by atoms with Crippen molar-refractivity contribution < 1.29 is 0 Å². The van der Waals surface area contributed by atoms with Crippen LogP contribution in [-0.4, -0.2) is 23.1 Å². The van der Waals surface area contributed by atoms with Gasteiger partial charge < -0.3 is 4.90 Å². The third-order valence-corrected chi connectivity index (χ3v) is 4.50. The number of alkyl halides is 1. The number of halogens is 1. The van der Waals surface area contributed by atoms with Crippen LogP contribution in [0.25, 0.3) is 0 Å². The predicted molar refractivity (Wildman–Crippen MR) is 80.7 cm³/mol. The maximum absolute atomic E-state index is 5.86. The zero-order valence-electron chi connectivity index (χ0n) is 12.2. The summed E-state index contributed by atoms with van der Waals surface area (Å²) in [5.41, 5.74) is 2.03. The van der Waals surface area contributed by atoms with Crippen LogP contribution in [0.5, 0.6) is 0 Å². The van der Waals surface area contributed by atoms with Gasteiger partial charge in [0.15, 0.2) is 0 Å². The highest BCUT2D eigenvalue weighted by Crippen LogP contribution is 2.26. The predicted octanol–water partition coefficient (Wildman–Crippen LogP) is 3.79. The van der Waals surface area contributed by atoms with Gasteiger partial charge in [-0.1, -0.05) is 13.8 Å². The maximum Gasteiger partial charge on any atom is 0.225 e. The van der Waals surface area contributed by atoms with E-state index in [1.807, 2.05) is 13.1 Å². The van der Waals surface area contributed by atoms with E-state index in [-0.39, 0.29) is 0 Å². The van der Waals surface area contributed by atoms with Crippen LogP contribution in [-0.2, 0) is 5.88 Å². The molecule has 19 heavy (non-hydrogen) atoms. The van der Waals surface area contributed by atoms with Crippen molar-refractivity contribution in [1.29, 1.82) is 0 Å². The van der Waals surface area contributed by atoms with Gasteiger partial charge in [-0.25, -0.2) is 9.97 Å². The Balaban J connectivity index is 2.08. The van der Waals surface area contributed by atoms with Crippen LogP contribution in [0.4, 0.5) is 5.95 Å². The highest BCUT2D eigenvalue weighted by atomic mass is 35.5. The van der Waals surface area contributed by atoms with Crippen molar-refractivity contribution in [1.82, 2.24) is 9.97 Å². The molecule has 0 spiro atoms. The molecule has 1 aromatic heterocycles. The van der Waals surface area contributed by atoms with Crippen LogP contribution in [0.3, 0.4) is 0 Å². The average Bonchev–Trinajstić information content (AvgIpc) is 2.64. The van der Waals surface area contributed by atoms with Gasteiger partial charge in [0, 0.05) is 30.5 Å². The molecular formula is C15H24ClN3. The van der Waals surface area contributed by atoms with Gasteiger partial charge in [-0.3, -0.25) is 0 Å². The number of nitrogens with zero attached hydrogens (tertiary/aromatic N) is 3. The zero-order chi connectivity index (χ0) is 13.8. The Morgan fingerprint density at radius 3 is 2.79 bits per heavy atom. The molecule has 3 nitrogen and oxygen atoms in total. The van der Waals surface area contributed by atoms with Crippen LogP contribution in [0.15, 0.2) is 6.20 Å². The fourth-order valence-corrected chi connectivity index (χ4v) is 3.01. The van der Waals surface area contributed by atoms with Gasteiger partial charge in [-0.05, 0) is 38.0 Å². The summed E-state index contributed by atoms with van der Waals surface area (Å²) >= 11 is 5.86. The van der Waals surface area contributed by atoms with Gasteiger partial charge in [0.05, 0.1) is 5.88 Å². The first-order valence-electron chi connectivity index (χ1n) is 7.25. The smallest absolute Gasteiger partial charge is 0.225 e. The van der Waals surface area contributed by atoms with Crippen LogP contribution < -0.4 is 4.90 Å². The molecule has 0 saturated carbocycles. The number of hydrogen-bond acceptors (Lipinski definition) is 3. The molecule has 1 fully saturated rings. The molecule has 2 rings (SSSR count). The lowest BCUT2D eigenvalue weighted by molar-refractivity contribution is 0.351. The van der Waals surface area contributed by atoms with Crippen molar-refractivity contribution in [2.45, 2.75) is 45.9 Å². The summed E-state index contributed by atoms with van der Waals surface area (Å²) in [4.78, 5) is 11.4. The summed E-state index contributed by atoms with van der Waals surface area (Å²) in [6, 6.07) is 0. The van der Waals surface area contributed by atoms with Crippen molar-refractivity contribution in [2.75, 3.05) is 18.0 Å². The minimum Gasteiger partial charge on any atom is -0.341 e. The molecule has 1 aliphatic heterocycles. The van der Waals surface area contributed by atoms with Gasteiger partial charge >= 0.3 is 0 Å². The van der Waals surface area contributed by atoms with Crippen molar-refractivity contribution >= 4 is 17.5 Å². The Bertz CT molecular complexity index is 420. The van der Waals surface area contributed by atoms with Crippen molar-refractivity contribution in [3.63, 3.8) is 0 Å². The molecule has 1 atom stereocenters. The van der Waals surface area contributed by atoms with E-state index in [9.17, 15) is 0 Å². The molecule has 0 amide bonds. The molecule has 0 bridgehead atoms. The molecule has 2 heterocycles. The Morgan fingerprint density at radius 1 is 1.37 bits per heavy atom. The van der Waals surface area contributed by atoms with Crippen molar-refractivity contribution in [3.05, 3.63) is 17.5 Å².